The fourth-order valence-corrected chi connectivity index (χ4v) is 8.42. The highest BCUT2D eigenvalue weighted by molar-refractivity contribution is 6.21. The number of hydrogen-bond acceptors (Lipinski definition) is 1. The number of benzene rings is 10. The average Bonchev–Trinajstić information content (AvgIpc) is 3.27. The van der Waals surface area contributed by atoms with Gasteiger partial charge in [-0.3, -0.25) is 0 Å². The summed E-state index contributed by atoms with van der Waals surface area (Å²) in [7, 11) is 0. The Morgan fingerprint density at radius 1 is 0.255 bits per heavy atom. The fourth-order valence-electron chi connectivity index (χ4n) is 8.42. The van der Waals surface area contributed by atoms with Crippen LogP contribution in [0.1, 0.15) is 0 Å². The van der Waals surface area contributed by atoms with Gasteiger partial charge in [0.15, 0.2) is 0 Å². The summed E-state index contributed by atoms with van der Waals surface area (Å²) in [6.07, 6.45) is 0. The van der Waals surface area contributed by atoms with Crippen LogP contribution in [-0.4, -0.2) is 0 Å². The van der Waals surface area contributed by atoms with Crippen molar-refractivity contribution in [3.05, 3.63) is 224 Å². The van der Waals surface area contributed by atoms with Crippen LogP contribution in [0.3, 0.4) is 0 Å². The van der Waals surface area contributed by atoms with E-state index in [0.29, 0.717) is 0 Å². The second-order valence-corrected chi connectivity index (χ2v) is 14.1. The second kappa shape index (κ2) is 14.0. The quantitative estimate of drug-likeness (QED) is 0.150. The summed E-state index contributed by atoms with van der Waals surface area (Å²) in [5.74, 6) is 0. The lowest BCUT2D eigenvalue weighted by atomic mass is 9.85. The Kier molecular flexibility index (Phi) is 8.24. The van der Waals surface area contributed by atoms with Gasteiger partial charge in [0.25, 0.3) is 0 Å². The molecule has 0 aliphatic carbocycles. The van der Waals surface area contributed by atoms with Gasteiger partial charge in [-0.25, -0.2) is 0 Å². The lowest BCUT2D eigenvalue weighted by molar-refractivity contribution is 1.28. The molecule has 0 amide bonds. The van der Waals surface area contributed by atoms with Crippen LogP contribution in [0.25, 0.3) is 76.8 Å². The predicted octanol–water partition coefficient (Wildman–Crippen LogP) is 15.3. The Bertz CT molecular complexity index is 2960. The predicted molar refractivity (Wildman–Crippen MR) is 235 cm³/mol. The molecule has 0 saturated carbocycles. The molecular weight excluding hydrogens is 663 g/mol. The zero-order valence-corrected chi connectivity index (χ0v) is 30.3. The highest BCUT2D eigenvalue weighted by Gasteiger charge is 2.20. The van der Waals surface area contributed by atoms with Gasteiger partial charge >= 0.3 is 0 Å². The van der Waals surface area contributed by atoms with Crippen LogP contribution in [0.15, 0.2) is 224 Å². The van der Waals surface area contributed by atoms with Crippen LogP contribution in [0, 0.1) is 0 Å². The molecule has 0 aliphatic rings. The molecule has 0 spiro atoms. The van der Waals surface area contributed by atoms with E-state index in [1.807, 2.05) is 0 Å². The Balaban J connectivity index is 1.18. The molecule has 0 N–H and O–H groups in total. The third kappa shape index (κ3) is 5.84. The summed E-state index contributed by atoms with van der Waals surface area (Å²) < 4.78 is 0. The number of nitrogens with zero attached hydrogens (tertiary/aromatic N) is 1. The number of rotatable bonds is 7. The third-order valence-electron chi connectivity index (χ3n) is 10.8. The first kappa shape index (κ1) is 32.4. The normalized spacial score (nSPS) is 11.3. The summed E-state index contributed by atoms with van der Waals surface area (Å²) >= 11 is 0. The molecule has 10 aromatic carbocycles. The van der Waals surface area contributed by atoms with Gasteiger partial charge in [-0.15, -0.1) is 0 Å². The van der Waals surface area contributed by atoms with Crippen molar-refractivity contribution in [1.82, 2.24) is 0 Å². The van der Waals surface area contributed by atoms with E-state index in [-0.39, 0.29) is 0 Å². The van der Waals surface area contributed by atoms with Gasteiger partial charge in [0.2, 0.25) is 0 Å². The highest BCUT2D eigenvalue weighted by Crippen LogP contribution is 2.46. The molecule has 0 atom stereocenters. The van der Waals surface area contributed by atoms with Crippen molar-refractivity contribution in [3.63, 3.8) is 0 Å². The maximum absolute atomic E-state index is 2.39. The van der Waals surface area contributed by atoms with Crippen molar-refractivity contribution in [2.24, 2.45) is 0 Å². The summed E-state index contributed by atoms with van der Waals surface area (Å²) in [6.45, 7) is 0. The van der Waals surface area contributed by atoms with E-state index < -0.39 is 0 Å². The van der Waals surface area contributed by atoms with Crippen molar-refractivity contribution < 1.29 is 0 Å². The standard InChI is InChI=1S/C54H37N/c1-4-18-38(19-5-1)46-34-16-22-39-23-17-35-47(52(39)46)41-24-14-28-44(36-41)55(43-26-8-3-9-27-43)45-29-15-25-42(37-45)54-51-33-13-11-31-49(51)48-30-10-12-32-50(48)53(54)40-20-6-2-7-21-40/h1-37H. The van der Waals surface area contributed by atoms with Crippen molar-refractivity contribution in [1.29, 1.82) is 0 Å². The molecule has 258 valence electrons. The van der Waals surface area contributed by atoms with Crippen LogP contribution in [-0.2, 0) is 0 Å². The molecule has 0 aliphatic heterocycles. The van der Waals surface area contributed by atoms with Crippen molar-refractivity contribution >= 4 is 49.4 Å². The minimum Gasteiger partial charge on any atom is -0.310 e. The molecule has 0 bridgehead atoms. The van der Waals surface area contributed by atoms with Crippen LogP contribution >= 0.6 is 0 Å². The van der Waals surface area contributed by atoms with Gasteiger partial charge < -0.3 is 4.90 Å². The minimum atomic E-state index is 1.10. The molecule has 55 heavy (non-hydrogen) atoms. The van der Waals surface area contributed by atoms with Crippen LogP contribution < -0.4 is 4.90 Å². The van der Waals surface area contributed by atoms with Crippen molar-refractivity contribution in [2.45, 2.75) is 0 Å². The lowest BCUT2D eigenvalue weighted by Crippen LogP contribution is -2.10. The van der Waals surface area contributed by atoms with Crippen LogP contribution in [0.2, 0.25) is 0 Å². The van der Waals surface area contributed by atoms with Crippen molar-refractivity contribution in [2.75, 3.05) is 4.90 Å². The number of para-hydroxylation sites is 1. The van der Waals surface area contributed by atoms with E-state index in [2.05, 4.69) is 229 Å². The monoisotopic (exact) mass is 699 g/mol. The van der Waals surface area contributed by atoms with E-state index in [0.717, 1.165) is 17.1 Å². The first-order valence-corrected chi connectivity index (χ1v) is 18.9. The average molecular weight is 700 g/mol. The SMILES string of the molecule is c1ccc(-c2c(-c3cccc(N(c4ccccc4)c4cccc(-c5cccc6cccc(-c7ccccc7)c56)c4)c3)c3ccccc3c3ccccc23)cc1. The molecule has 10 rings (SSSR count). The molecule has 0 saturated heterocycles. The van der Waals surface area contributed by atoms with E-state index in [9.17, 15) is 0 Å². The van der Waals surface area contributed by atoms with Gasteiger partial charge in [-0.1, -0.05) is 188 Å². The number of anilines is 3. The molecule has 0 heterocycles. The van der Waals surface area contributed by atoms with E-state index in [1.54, 1.807) is 0 Å². The molecule has 1 heteroatoms. The first-order chi connectivity index (χ1) is 27.3. The van der Waals surface area contributed by atoms with Crippen LogP contribution in [0.4, 0.5) is 17.1 Å². The van der Waals surface area contributed by atoms with Gasteiger partial charge in [-0.2, -0.15) is 0 Å². The Hall–Kier alpha value is -7.22. The van der Waals surface area contributed by atoms with Gasteiger partial charge in [0.1, 0.15) is 0 Å². The first-order valence-electron chi connectivity index (χ1n) is 18.9. The maximum Gasteiger partial charge on any atom is 0.0467 e. The zero-order chi connectivity index (χ0) is 36.6. The Morgan fingerprint density at radius 3 is 1.25 bits per heavy atom. The van der Waals surface area contributed by atoms with Crippen molar-refractivity contribution in [3.8, 4) is 44.5 Å². The molecule has 1 nitrogen and oxygen atoms in total. The largest absolute Gasteiger partial charge is 0.310 e. The molecule has 0 aromatic heterocycles. The fraction of sp³-hybridized carbons (Fsp3) is 0. The van der Waals surface area contributed by atoms with Gasteiger partial charge in [-0.05, 0) is 113 Å². The Morgan fingerprint density at radius 2 is 0.655 bits per heavy atom. The molecule has 10 aromatic rings. The maximum atomic E-state index is 2.39. The second-order valence-electron chi connectivity index (χ2n) is 14.1. The summed E-state index contributed by atoms with van der Waals surface area (Å²) in [4.78, 5) is 2.39. The molecule has 0 radical (unpaired) electrons. The van der Waals surface area contributed by atoms with E-state index in [1.165, 1.54) is 76.8 Å². The topological polar surface area (TPSA) is 3.24 Å². The summed E-state index contributed by atoms with van der Waals surface area (Å²) in [6, 6.07) is 81.4. The Labute approximate surface area is 322 Å². The summed E-state index contributed by atoms with van der Waals surface area (Å²) in [5.41, 5.74) is 13.0. The van der Waals surface area contributed by atoms with Crippen LogP contribution in [0.5, 0.6) is 0 Å². The number of fused-ring (bicyclic) bond motifs is 4. The lowest BCUT2D eigenvalue weighted by Gasteiger charge is -2.27. The van der Waals surface area contributed by atoms with E-state index >= 15 is 0 Å². The molecule has 0 fully saturated rings. The minimum absolute atomic E-state index is 1.10. The van der Waals surface area contributed by atoms with E-state index in [4.69, 9.17) is 0 Å². The smallest absolute Gasteiger partial charge is 0.0467 e. The molecular formula is C54H37N. The molecule has 0 unspecified atom stereocenters. The highest BCUT2D eigenvalue weighted by atomic mass is 15.1. The zero-order valence-electron chi connectivity index (χ0n) is 30.3. The van der Waals surface area contributed by atoms with Gasteiger partial charge in [0.05, 0.1) is 0 Å². The van der Waals surface area contributed by atoms with Gasteiger partial charge in [0, 0.05) is 17.1 Å². The number of hydrogen-bond donors (Lipinski definition) is 0. The third-order valence-corrected chi connectivity index (χ3v) is 10.8. The summed E-state index contributed by atoms with van der Waals surface area (Å²) in [5, 5.41) is 7.52.